The summed E-state index contributed by atoms with van der Waals surface area (Å²) >= 11 is 0. The minimum atomic E-state index is -0.810. The summed E-state index contributed by atoms with van der Waals surface area (Å²) in [6.07, 6.45) is 1.00. The molecule has 0 aliphatic carbocycles. The Morgan fingerprint density at radius 1 is 1.37 bits per heavy atom. The van der Waals surface area contributed by atoms with E-state index in [-0.39, 0.29) is 23.4 Å². The lowest BCUT2D eigenvalue weighted by molar-refractivity contribution is -0.116. The lowest BCUT2D eigenvalue weighted by Crippen LogP contribution is -2.10. The molecular weight excluding hydrogens is 256 g/mol. The maximum Gasteiger partial charge on any atom is 0.322 e. The van der Waals surface area contributed by atoms with Crippen LogP contribution in [0.25, 0.3) is 11.5 Å². The van der Waals surface area contributed by atoms with Gasteiger partial charge in [-0.1, -0.05) is 12.0 Å². The van der Waals surface area contributed by atoms with Gasteiger partial charge >= 0.3 is 6.01 Å². The normalized spacial score (nSPS) is 10.5. The molecule has 0 saturated carbocycles. The zero-order valence-electron chi connectivity index (χ0n) is 10.1. The Labute approximate surface area is 107 Å². The molecule has 0 aliphatic rings. The Bertz CT molecular complexity index is 598. The molecule has 0 atom stereocenters. The van der Waals surface area contributed by atoms with Crippen molar-refractivity contribution in [1.82, 2.24) is 10.2 Å². The van der Waals surface area contributed by atoms with Crippen LogP contribution in [0.5, 0.6) is 0 Å². The summed E-state index contributed by atoms with van der Waals surface area (Å²) in [5.74, 6) is -1.89. The highest BCUT2D eigenvalue weighted by molar-refractivity contribution is 5.88. The van der Waals surface area contributed by atoms with Crippen LogP contribution >= 0.6 is 0 Å². The Morgan fingerprint density at radius 3 is 2.84 bits per heavy atom. The number of nitrogens with one attached hydrogen (secondary N) is 1. The molecule has 19 heavy (non-hydrogen) atoms. The molecule has 0 unspecified atom stereocenters. The van der Waals surface area contributed by atoms with Crippen LogP contribution in [0.2, 0.25) is 0 Å². The van der Waals surface area contributed by atoms with Gasteiger partial charge < -0.3 is 4.42 Å². The van der Waals surface area contributed by atoms with E-state index in [1.807, 2.05) is 6.92 Å². The van der Waals surface area contributed by atoms with Crippen molar-refractivity contribution in [2.45, 2.75) is 19.8 Å². The minimum absolute atomic E-state index is 0.0232. The number of carbonyl (C=O) groups excluding carboxylic acids is 1. The summed E-state index contributed by atoms with van der Waals surface area (Å²) < 4.78 is 31.3. The van der Waals surface area contributed by atoms with Crippen LogP contribution in [0.4, 0.5) is 14.8 Å². The van der Waals surface area contributed by atoms with E-state index in [4.69, 9.17) is 4.42 Å². The summed E-state index contributed by atoms with van der Waals surface area (Å²) in [5.41, 5.74) is -0.0232. The predicted octanol–water partition coefficient (Wildman–Crippen LogP) is 2.75. The number of hydrogen-bond acceptors (Lipinski definition) is 4. The van der Waals surface area contributed by atoms with Crippen molar-refractivity contribution in [2.75, 3.05) is 5.32 Å². The maximum absolute atomic E-state index is 13.5. The molecule has 1 amide bonds. The maximum atomic E-state index is 13.5. The molecule has 0 aliphatic heterocycles. The Hall–Kier alpha value is -2.31. The molecule has 1 aromatic heterocycles. The summed E-state index contributed by atoms with van der Waals surface area (Å²) in [6.45, 7) is 1.85. The van der Waals surface area contributed by atoms with Crippen molar-refractivity contribution >= 4 is 11.9 Å². The highest BCUT2D eigenvalue weighted by Crippen LogP contribution is 2.23. The van der Waals surface area contributed by atoms with Crippen molar-refractivity contribution in [3.63, 3.8) is 0 Å². The van der Waals surface area contributed by atoms with Gasteiger partial charge in [-0.05, 0) is 18.6 Å². The van der Waals surface area contributed by atoms with Gasteiger partial charge in [0.05, 0.1) is 5.56 Å². The number of nitrogens with zero attached hydrogens (tertiary/aromatic N) is 2. The molecular formula is C12H11F2N3O2. The van der Waals surface area contributed by atoms with Crippen molar-refractivity contribution in [1.29, 1.82) is 0 Å². The first-order valence-corrected chi connectivity index (χ1v) is 5.69. The van der Waals surface area contributed by atoms with Crippen LogP contribution in [-0.2, 0) is 4.79 Å². The molecule has 0 saturated heterocycles. The standard InChI is InChI=1S/C12H11F2N3O2/c1-2-3-10(18)15-12-17-16-11(19-12)8-5-4-7(13)6-9(8)14/h4-6H,2-3H2,1H3,(H,15,17,18). The fourth-order valence-corrected chi connectivity index (χ4v) is 1.45. The van der Waals surface area contributed by atoms with E-state index >= 15 is 0 Å². The van der Waals surface area contributed by atoms with E-state index in [9.17, 15) is 13.6 Å². The first kappa shape index (κ1) is 13.1. The molecule has 1 N–H and O–H groups in total. The summed E-state index contributed by atoms with van der Waals surface area (Å²) in [5, 5.41) is 9.55. The van der Waals surface area contributed by atoms with Gasteiger partial charge in [0.15, 0.2) is 0 Å². The van der Waals surface area contributed by atoms with Crippen molar-refractivity contribution in [2.24, 2.45) is 0 Å². The van der Waals surface area contributed by atoms with Gasteiger partial charge in [-0.2, -0.15) is 0 Å². The fraction of sp³-hybridized carbons (Fsp3) is 0.250. The zero-order chi connectivity index (χ0) is 13.8. The molecule has 7 heteroatoms. The van der Waals surface area contributed by atoms with Crippen molar-refractivity contribution in [3.05, 3.63) is 29.8 Å². The van der Waals surface area contributed by atoms with Crippen LogP contribution < -0.4 is 5.32 Å². The topological polar surface area (TPSA) is 68.0 Å². The number of anilines is 1. The lowest BCUT2D eigenvalue weighted by Gasteiger charge is -1.98. The van der Waals surface area contributed by atoms with Crippen molar-refractivity contribution in [3.8, 4) is 11.5 Å². The molecule has 0 spiro atoms. The largest absolute Gasteiger partial charge is 0.403 e. The van der Waals surface area contributed by atoms with E-state index in [1.165, 1.54) is 6.07 Å². The summed E-state index contributed by atoms with van der Waals surface area (Å²) in [4.78, 5) is 11.3. The van der Waals surface area contributed by atoms with Gasteiger partial charge in [-0.15, -0.1) is 5.10 Å². The molecule has 0 fully saturated rings. The summed E-state index contributed by atoms with van der Waals surface area (Å²) in [6, 6.07) is 2.88. The number of rotatable bonds is 4. The van der Waals surface area contributed by atoms with E-state index in [1.54, 1.807) is 0 Å². The smallest absolute Gasteiger partial charge is 0.322 e. The van der Waals surface area contributed by atoms with Crippen LogP contribution in [0.1, 0.15) is 19.8 Å². The number of benzene rings is 1. The number of amides is 1. The fourth-order valence-electron chi connectivity index (χ4n) is 1.45. The molecule has 2 rings (SSSR count). The van der Waals surface area contributed by atoms with Gasteiger partial charge in [-0.25, -0.2) is 8.78 Å². The highest BCUT2D eigenvalue weighted by atomic mass is 19.1. The predicted molar refractivity (Wildman–Crippen MR) is 63.2 cm³/mol. The number of hydrogen-bond donors (Lipinski definition) is 1. The average molecular weight is 267 g/mol. The molecule has 2 aromatic rings. The molecule has 1 heterocycles. The van der Waals surface area contributed by atoms with Crippen LogP contribution in [0.15, 0.2) is 22.6 Å². The first-order valence-electron chi connectivity index (χ1n) is 5.69. The third kappa shape index (κ3) is 3.12. The van der Waals surface area contributed by atoms with Crippen LogP contribution in [0.3, 0.4) is 0 Å². The van der Waals surface area contributed by atoms with Gasteiger partial charge in [0, 0.05) is 12.5 Å². The molecule has 0 bridgehead atoms. The van der Waals surface area contributed by atoms with Crippen molar-refractivity contribution < 1.29 is 18.0 Å². The third-order valence-corrected chi connectivity index (χ3v) is 2.31. The van der Waals surface area contributed by atoms with Crippen LogP contribution in [0, 0.1) is 11.6 Å². The first-order chi connectivity index (χ1) is 9.10. The Morgan fingerprint density at radius 2 is 2.16 bits per heavy atom. The van der Waals surface area contributed by atoms with E-state index < -0.39 is 11.6 Å². The van der Waals surface area contributed by atoms with Gasteiger partial charge in [0.1, 0.15) is 11.6 Å². The van der Waals surface area contributed by atoms with Gasteiger partial charge in [0.2, 0.25) is 5.91 Å². The Balaban J connectivity index is 2.18. The number of aromatic nitrogens is 2. The Kier molecular flexibility index (Phi) is 3.84. The zero-order valence-corrected chi connectivity index (χ0v) is 10.1. The number of halogens is 2. The van der Waals surface area contributed by atoms with E-state index in [2.05, 4.69) is 15.5 Å². The molecule has 5 nitrogen and oxygen atoms in total. The van der Waals surface area contributed by atoms with E-state index in [0.717, 1.165) is 12.1 Å². The second kappa shape index (κ2) is 5.55. The average Bonchev–Trinajstić information content (AvgIpc) is 2.77. The second-order valence-electron chi connectivity index (χ2n) is 3.83. The summed E-state index contributed by atoms with van der Waals surface area (Å²) in [7, 11) is 0. The number of carbonyl (C=O) groups is 1. The quantitative estimate of drug-likeness (QED) is 0.924. The molecule has 1 aromatic carbocycles. The second-order valence-corrected chi connectivity index (χ2v) is 3.83. The monoisotopic (exact) mass is 267 g/mol. The van der Waals surface area contributed by atoms with E-state index in [0.29, 0.717) is 12.8 Å². The molecule has 100 valence electrons. The lowest BCUT2D eigenvalue weighted by atomic mass is 10.2. The van der Waals surface area contributed by atoms with Gasteiger partial charge in [-0.3, -0.25) is 10.1 Å². The van der Waals surface area contributed by atoms with Gasteiger partial charge in [0.25, 0.3) is 5.89 Å². The van der Waals surface area contributed by atoms with Crippen LogP contribution in [-0.4, -0.2) is 16.1 Å². The molecule has 0 radical (unpaired) electrons. The minimum Gasteiger partial charge on any atom is -0.403 e. The highest BCUT2D eigenvalue weighted by Gasteiger charge is 2.14. The SMILES string of the molecule is CCCC(=O)Nc1nnc(-c2ccc(F)cc2F)o1. The third-order valence-electron chi connectivity index (χ3n) is 2.31.